The molecule has 0 amide bonds. The smallest absolute Gasteiger partial charge is 0.120 e. The number of fused-ring (bicyclic) bond motifs is 1. The molecular weight excluding hydrogens is 246 g/mol. The van der Waals surface area contributed by atoms with Crippen molar-refractivity contribution >= 4 is 0 Å². The van der Waals surface area contributed by atoms with Crippen molar-refractivity contribution < 1.29 is 5.11 Å². The first kappa shape index (κ1) is 13.9. The largest absolute Gasteiger partial charge is 0.508 e. The maximum atomic E-state index is 10.2. The van der Waals surface area contributed by atoms with Crippen molar-refractivity contribution in [2.45, 2.75) is 58.4 Å². The van der Waals surface area contributed by atoms with Gasteiger partial charge in [0, 0.05) is 11.6 Å². The second-order valence-corrected chi connectivity index (χ2v) is 7.11. The molecule has 1 aromatic rings. The van der Waals surface area contributed by atoms with E-state index in [1.54, 1.807) is 0 Å². The van der Waals surface area contributed by atoms with Crippen LogP contribution in [0.4, 0.5) is 0 Å². The lowest BCUT2D eigenvalue weighted by Gasteiger charge is -2.18. The second-order valence-electron chi connectivity index (χ2n) is 7.11. The van der Waals surface area contributed by atoms with Gasteiger partial charge in [0.2, 0.25) is 0 Å². The van der Waals surface area contributed by atoms with Crippen LogP contribution in [0.1, 0.15) is 68.2 Å². The van der Waals surface area contributed by atoms with Crippen molar-refractivity contribution in [3.8, 4) is 5.75 Å². The highest BCUT2D eigenvalue weighted by Gasteiger charge is 2.32. The standard InChI is InChI=1S/C18H27NO/c1-11-4-6-14(8-11)10-19-15-9-13(3)17-12(2)5-7-16(20)18(15)17/h5,7,11,13-15,19-20H,4,6,8-10H2,1-3H3. The van der Waals surface area contributed by atoms with E-state index < -0.39 is 0 Å². The molecule has 2 N–H and O–H groups in total. The molecule has 2 aliphatic rings. The van der Waals surface area contributed by atoms with E-state index in [1.165, 1.54) is 36.0 Å². The van der Waals surface area contributed by atoms with Gasteiger partial charge in [0.1, 0.15) is 5.75 Å². The Labute approximate surface area is 122 Å². The van der Waals surface area contributed by atoms with Crippen LogP contribution >= 0.6 is 0 Å². The average Bonchev–Trinajstić information content (AvgIpc) is 2.96. The van der Waals surface area contributed by atoms with Crippen molar-refractivity contribution in [2.75, 3.05) is 6.54 Å². The SMILES string of the molecule is Cc1ccc(O)c2c1C(C)CC2NCC1CCC(C)C1. The lowest BCUT2D eigenvalue weighted by Crippen LogP contribution is -2.25. The van der Waals surface area contributed by atoms with Gasteiger partial charge in [0.25, 0.3) is 0 Å². The van der Waals surface area contributed by atoms with Crippen molar-refractivity contribution in [2.24, 2.45) is 11.8 Å². The van der Waals surface area contributed by atoms with Crippen LogP contribution in [0, 0.1) is 18.8 Å². The molecule has 110 valence electrons. The Hall–Kier alpha value is -1.02. The average molecular weight is 273 g/mol. The third kappa shape index (κ3) is 2.46. The minimum atomic E-state index is 0.343. The molecule has 3 rings (SSSR count). The van der Waals surface area contributed by atoms with Crippen molar-refractivity contribution in [3.05, 3.63) is 28.8 Å². The minimum Gasteiger partial charge on any atom is -0.508 e. The summed E-state index contributed by atoms with van der Waals surface area (Å²) in [5.74, 6) is 2.76. The molecule has 1 fully saturated rings. The number of hydrogen-bond acceptors (Lipinski definition) is 2. The topological polar surface area (TPSA) is 32.3 Å². The number of benzene rings is 1. The van der Waals surface area contributed by atoms with Gasteiger partial charge in [-0.25, -0.2) is 0 Å². The lowest BCUT2D eigenvalue weighted by atomic mass is 9.97. The summed E-state index contributed by atoms with van der Waals surface area (Å²) in [7, 11) is 0. The molecule has 4 unspecified atom stereocenters. The molecule has 2 nitrogen and oxygen atoms in total. The molecule has 1 aromatic carbocycles. The Morgan fingerprint density at radius 1 is 1.15 bits per heavy atom. The maximum Gasteiger partial charge on any atom is 0.120 e. The van der Waals surface area contributed by atoms with Gasteiger partial charge >= 0.3 is 0 Å². The third-order valence-electron chi connectivity index (χ3n) is 5.37. The number of aromatic hydroxyl groups is 1. The van der Waals surface area contributed by atoms with Crippen LogP contribution in [-0.2, 0) is 0 Å². The molecule has 4 atom stereocenters. The summed E-state index contributed by atoms with van der Waals surface area (Å²) in [6.07, 6.45) is 5.23. The molecular formula is C18H27NO. The molecule has 0 aliphatic heterocycles. The van der Waals surface area contributed by atoms with Crippen LogP contribution in [0.25, 0.3) is 0 Å². The van der Waals surface area contributed by atoms with E-state index in [2.05, 4.69) is 26.1 Å². The molecule has 2 aliphatic carbocycles. The number of hydrogen-bond donors (Lipinski definition) is 2. The van der Waals surface area contributed by atoms with Crippen molar-refractivity contribution in [1.82, 2.24) is 5.32 Å². The normalized spacial score (nSPS) is 32.5. The first-order valence-electron chi connectivity index (χ1n) is 8.12. The first-order valence-corrected chi connectivity index (χ1v) is 8.12. The van der Waals surface area contributed by atoms with Gasteiger partial charge < -0.3 is 10.4 Å². The molecule has 0 heterocycles. The van der Waals surface area contributed by atoms with Crippen LogP contribution in [0.5, 0.6) is 5.75 Å². The zero-order valence-electron chi connectivity index (χ0n) is 12.9. The van der Waals surface area contributed by atoms with Gasteiger partial charge in [-0.3, -0.25) is 0 Å². The summed E-state index contributed by atoms with van der Waals surface area (Å²) in [4.78, 5) is 0. The zero-order chi connectivity index (χ0) is 14.3. The summed E-state index contributed by atoms with van der Waals surface area (Å²) in [5, 5.41) is 14.0. The Kier molecular flexibility index (Phi) is 3.76. The summed E-state index contributed by atoms with van der Waals surface area (Å²) in [6.45, 7) is 7.91. The highest BCUT2D eigenvalue weighted by molar-refractivity contribution is 5.50. The number of nitrogens with one attached hydrogen (secondary N) is 1. The molecule has 0 bridgehead atoms. The second kappa shape index (κ2) is 5.40. The monoisotopic (exact) mass is 273 g/mol. The van der Waals surface area contributed by atoms with E-state index in [1.807, 2.05) is 12.1 Å². The van der Waals surface area contributed by atoms with Crippen LogP contribution in [0.15, 0.2) is 12.1 Å². The fraction of sp³-hybridized carbons (Fsp3) is 0.667. The fourth-order valence-electron chi connectivity index (χ4n) is 4.35. The number of phenolic OH excluding ortho intramolecular Hbond substituents is 1. The molecule has 0 spiro atoms. The molecule has 0 saturated heterocycles. The summed E-state index contributed by atoms with van der Waals surface area (Å²) >= 11 is 0. The number of phenols is 1. The number of rotatable bonds is 3. The minimum absolute atomic E-state index is 0.343. The fourth-order valence-corrected chi connectivity index (χ4v) is 4.35. The van der Waals surface area contributed by atoms with Crippen molar-refractivity contribution in [3.63, 3.8) is 0 Å². The van der Waals surface area contributed by atoms with Gasteiger partial charge in [-0.2, -0.15) is 0 Å². The van der Waals surface area contributed by atoms with Crippen molar-refractivity contribution in [1.29, 1.82) is 0 Å². The van der Waals surface area contributed by atoms with E-state index >= 15 is 0 Å². The van der Waals surface area contributed by atoms with Gasteiger partial charge in [0.15, 0.2) is 0 Å². The molecule has 2 heteroatoms. The van der Waals surface area contributed by atoms with E-state index in [0.29, 0.717) is 17.7 Å². The highest BCUT2D eigenvalue weighted by atomic mass is 16.3. The maximum absolute atomic E-state index is 10.2. The summed E-state index contributed by atoms with van der Waals surface area (Å²) < 4.78 is 0. The molecule has 0 radical (unpaired) electrons. The Morgan fingerprint density at radius 3 is 2.65 bits per heavy atom. The quantitative estimate of drug-likeness (QED) is 0.861. The predicted octanol–water partition coefficient (Wildman–Crippen LogP) is 4.27. The Balaban J connectivity index is 1.73. The van der Waals surface area contributed by atoms with Crippen LogP contribution in [-0.4, -0.2) is 11.7 Å². The third-order valence-corrected chi connectivity index (χ3v) is 5.37. The van der Waals surface area contributed by atoms with E-state index in [9.17, 15) is 5.11 Å². The Morgan fingerprint density at radius 2 is 1.95 bits per heavy atom. The number of aryl methyl sites for hydroxylation is 1. The van der Waals surface area contributed by atoms with Crippen LogP contribution in [0.3, 0.4) is 0 Å². The van der Waals surface area contributed by atoms with Crippen LogP contribution in [0.2, 0.25) is 0 Å². The molecule has 1 saturated carbocycles. The molecule has 0 aromatic heterocycles. The Bertz CT molecular complexity index is 496. The van der Waals surface area contributed by atoms with E-state index in [0.717, 1.165) is 24.8 Å². The van der Waals surface area contributed by atoms with Gasteiger partial charge in [0.05, 0.1) is 0 Å². The summed E-state index contributed by atoms with van der Waals surface area (Å²) in [6, 6.07) is 4.25. The van der Waals surface area contributed by atoms with E-state index in [4.69, 9.17) is 0 Å². The lowest BCUT2D eigenvalue weighted by molar-refractivity contribution is 0.406. The molecule has 20 heavy (non-hydrogen) atoms. The highest BCUT2D eigenvalue weighted by Crippen LogP contribution is 2.46. The first-order chi connectivity index (χ1) is 9.56. The van der Waals surface area contributed by atoms with E-state index in [-0.39, 0.29) is 0 Å². The van der Waals surface area contributed by atoms with Gasteiger partial charge in [-0.15, -0.1) is 0 Å². The zero-order valence-corrected chi connectivity index (χ0v) is 12.9. The van der Waals surface area contributed by atoms with Gasteiger partial charge in [-0.05, 0) is 67.7 Å². The predicted molar refractivity (Wildman–Crippen MR) is 83.1 cm³/mol. The van der Waals surface area contributed by atoms with Gasteiger partial charge in [-0.1, -0.05) is 26.3 Å². The summed E-state index contributed by atoms with van der Waals surface area (Å²) in [5.41, 5.74) is 3.87. The van der Waals surface area contributed by atoms with Crippen LogP contribution < -0.4 is 5.32 Å².